The summed E-state index contributed by atoms with van der Waals surface area (Å²) in [6.07, 6.45) is 8.63. The van der Waals surface area contributed by atoms with Gasteiger partial charge in [0.1, 0.15) is 5.82 Å². The van der Waals surface area contributed by atoms with E-state index >= 15 is 0 Å². The molecule has 7 rings (SSSR count). The van der Waals surface area contributed by atoms with Crippen LogP contribution in [-0.4, -0.2) is 95.1 Å². The molecule has 47 heavy (non-hydrogen) atoms. The van der Waals surface area contributed by atoms with Crippen molar-refractivity contribution in [3.8, 4) is 0 Å². The molecule has 8 nitrogen and oxygen atoms in total. The van der Waals surface area contributed by atoms with Gasteiger partial charge in [-0.05, 0) is 137 Å². The number of alkyl carbamates (subject to hydrolysis) is 1. The maximum absolute atomic E-state index is 15.0. The maximum Gasteiger partial charge on any atom is 0.407 e. The van der Waals surface area contributed by atoms with Crippen LogP contribution in [0.15, 0.2) is 53.4 Å². The third-order valence-electron chi connectivity index (χ3n) is 12.1. The van der Waals surface area contributed by atoms with Crippen LogP contribution in [0.3, 0.4) is 0 Å². The second kappa shape index (κ2) is 13.7. The van der Waals surface area contributed by atoms with Crippen LogP contribution >= 0.6 is 0 Å². The molecule has 3 saturated heterocycles. The van der Waals surface area contributed by atoms with Crippen LogP contribution in [0, 0.1) is 23.6 Å². The number of nitrogens with one attached hydrogen (secondary N) is 1. The lowest BCUT2D eigenvalue weighted by atomic mass is 9.57. The number of hydrogen-bond acceptors (Lipinski definition) is 7. The summed E-state index contributed by atoms with van der Waals surface area (Å²) in [4.78, 5) is 20.5. The molecular formula is C37H51FN4O4S. The monoisotopic (exact) mass is 666 g/mol. The van der Waals surface area contributed by atoms with E-state index in [1.165, 1.54) is 13.5 Å². The van der Waals surface area contributed by atoms with Gasteiger partial charge in [-0.1, -0.05) is 18.6 Å². The Morgan fingerprint density at radius 3 is 2.34 bits per heavy atom. The third kappa shape index (κ3) is 6.79. The fraction of sp³-hybridized carbons (Fsp3) is 0.649. The molecule has 2 saturated carbocycles. The zero-order valence-electron chi connectivity index (χ0n) is 27.8. The van der Waals surface area contributed by atoms with Gasteiger partial charge in [-0.25, -0.2) is 17.6 Å². The highest BCUT2D eigenvalue weighted by Crippen LogP contribution is 2.51. The molecule has 0 radical (unpaired) electrons. The summed E-state index contributed by atoms with van der Waals surface area (Å²) in [5.74, 6) is 0.985. The molecule has 2 aromatic rings. The first-order valence-electron chi connectivity index (χ1n) is 17.9. The number of benzene rings is 2. The predicted molar refractivity (Wildman–Crippen MR) is 182 cm³/mol. The van der Waals surface area contributed by atoms with Gasteiger partial charge in [0.15, 0.2) is 9.84 Å². The number of methoxy groups -OCH3 is 1. The van der Waals surface area contributed by atoms with Gasteiger partial charge in [-0.2, -0.15) is 0 Å². The van der Waals surface area contributed by atoms with E-state index in [0.29, 0.717) is 16.7 Å². The van der Waals surface area contributed by atoms with Gasteiger partial charge in [0, 0.05) is 43.3 Å². The Morgan fingerprint density at radius 2 is 1.68 bits per heavy atom. The number of hydrogen-bond donors (Lipinski definition) is 1. The predicted octanol–water partition coefficient (Wildman–Crippen LogP) is 5.47. The molecule has 256 valence electrons. The summed E-state index contributed by atoms with van der Waals surface area (Å²) < 4.78 is 45.3. The highest BCUT2D eigenvalue weighted by atomic mass is 32.2. The molecule has 3 heterocycles. The van der Waals surface area contributed by atoms with E-state index in [9.17, 15) is 17.6 Å². The van der Waals surface area contributed by atoms with Crippen molar-refractivity contribution < 1.29 is 22.3 Å². The van der Waals surface area contributed by atoms with Crippen molar-refractivity contribution in [2.45, 2.75) is 79.4 Å². The lowest BCUT2D eigenvalue weighted by molar-refractivity contribution is 0.0235. The minimum Gasteiger partial charge on any atom is -0.453 e. The van der Waals surface area contributed by atoms with Crippen molar-refractivity contribution in [3.63, 3.8) is 0 Å². The normalized spacial score (nSPS) is 27.4. The number of carbonyl (C=O) groups excluding carboxylic acids is 1. The number of amides is 1. The van der Waals surface area contributed by atoms with Gasteiger partial charge < -0.3 is 24.8 Å². The molecule has 5 aliphatic rings. The molecule has 3 aliphatic heterocycles. The molecule has 2 aliphatic carbocycles. The van der Waals surface area contributed by atoms with Gasteiger partial charge >= 0.3 is 6.09 Å². The number of halogens is 1. The van der Waals surface area contributed by atoms with Gasteiger partial charge in [0.25, 0.3) is 0 Å². The van der Waals surface area contributed by atoms with E-state index in [4.69, 9.17) is 4.74 Å². The first-order valence-corrected chi connectivity index (χ1v) is 19.4. The average molecular weight is 667 g/mol. The SMILES string of the molecule is COC(=O)N[C@H]1CCC[C@@H]1C(CN1CCC1)(c1cccc(F)c1)C1CCN(C[C@@H]2CCN(c3ccc(S(=O)(=O)C4CC4)cc3)C2)CC1. The van der Waals surface area contributed by atoms with Crippen LogP contribution in [0.1, 0.15) is 63.4 Å². The molecular weight excluding hydrogens is 615 g/mol. The van der Waals surface area contributed by atoms with Crippen LogP contribution in [0.25, 0.3) is 0 Å². The summed E-state index contributed by atoms with van der Waals surface area (Å²) in [6, 6.07) is 14.9. The summed E-state index contributed by atoms with van der Waals surface area (Å²) in [6.45, 7) is 8.14. The topological polar surface area (TPSA) is 82.2 Å². The van der Waals surface area contributed by atoms with Crippen LogP contribution in [0.2, 0.25) is 0 Å². The Labute approximate surface area is 279 Å². The number of anilines is 1. The number of likely N-dealkylation sites (tertiary alicyclic amines) is 2. The average Bonchev–Trinajstić information content (AvgIpc) is 3.67. The lowest BCUT2D eigenvalue weighted by Crippen LogP contribution is -2.59. The fourth-order valence-electron chi connectivity index (χ4n) is 9.37. The van der Waals surface area contributed by atoms with Crippen molar-refractivity contribution in [2.75, 3.05) is 64.4 Å². The van der Waals surface area contributed by atoms with Gasteiger partial charge in [-0.3, -0.25) is 0 Å². The smallest absolute Gasteiger partial charge is 0.407 e. The van der Waals surface area contributed by atoms with E-state index in [1.807, 2.05) is 18.2 Å². The Bertz CT molecular complexity index is 1510. The molecule has 4 atom stereocenters. The Kier molecular flexibility index (Phi) is 9.55. The number of ether oxygens (including phenoxy) is 1. The first kappa shape index (κ1) is 32.8. The standard InChI is InChI=1S/C37H51FN4O4S/c1-46-36(43)39-35-8-3-7-34(35)37(26-41-18-4-19-41,29-5-2-6-30(38)23-29)28-16-20-40(21-17-28)24-27-15-22-42(25-27)31-9-11-32(12-10-31)47(44,45)33-13-14-33/h2,5-6,9-12,23,27-28,33-35H,3-4,7-8,13-22,24-26H2,1H3,(H,39,43)/t27-,34-,35-,37?/m0/s1. The van der Waals surface area contributed by atoms with E-state index in [2.05, 4.69) is 26.1 Å². The highest BCUT2D eigenvalue weighted by molar-refractivity contribution is 7.92. The number of sulfone groups is 1. The van der Waals surface area contributed by atoms with Crippen LogP contribution < -0.4 is 10.2 Å². The second-order valence-corrected chi connectivity index (χ2v) is 17.1. The largest absolute Gasteiger partial charge is 0.453 e. The molecule has 1 N–H and O–H groups in total. The molecule has 10 heteroatoms. The third-order valence-corrected chi connectivity index (χ3v) is 14.4. The first-order chi connectivity index (χ1) is 22.8. The van der Waals surface area contributed by atoms with Crippen molar-refractivity contribution >= 4 is 21.6 Å². The van der Waals surface area contributed by atoms with Crippen molar-refractivity contribution in [2.24, 2.45) is 17.8 Å². The van der Waals surface area contributed by atoms with Crippen LogP contribution in [0.5, 0.6) is 0 Å². The summed E-state index contributed by atoms with van der Waals surface area (Å²) in [5.41, 5.74) is 1.95. The molecule has 1 amide bonds. The molecule has 5 fully saturated rings. The van der Waals surface area contributed by atoms with E-state index in [1.54, 1.807) is 24.3 Å². The minimum absolute atomic E-state index is 0.0115. The highest BCUT2D eigenvalue weighted by Gasteiger charge is 2.53. The molecule has 0 bridgehead atoms. The molecule has 1 unspecified atom stereocenters. The molecule has 2 aromatic carbocycles. The summed E-state index contributed by atoms with van der Waals surface area (Å²) in [7, 11) is -1.73. The Balaban J connectivity index is 1.04. The summed E-state index contributed by atoms with van der Waals surface area (Å²) in [5, 5.41) is 3.01. The Morgan fingerprint density at radius 1 is 0.915 bits per heavy atom. The van der Waals surface area contributed by atoms with E-state index < -0.39 is 9.84 Å². The van der Waals surface area contributed by atoms with Gasteiger partial charge in [0.2, 0.25) is 0 Å². The molecule has 0 aromatic heterocycles. The maximum atomic E-state index is 15.0. The number of piperidine rings is 1. The zero-order chi connectivity index (χ0) is 32.6. The van der Waals surface area contributed by atoms with E-state index in [-0.39, 0.29) is 34.5 Å². The zero-order valence-corrected chi connectivity index (χ0v) is 28.6. The summed E-state index contributed by atoms with van der Waals surface area (Å²) >= 11 is 0. The van der Waals surface area contributed by atoms with E-state index in [0.717, 1.165) is 115 Å². The van der Waals surface area contributed by atoms with Gasteiger partial charge in [0.05, 0.1) is 17.3 Å². The Hall–Kier alpha value is -2.69. The quantitative estimate of drug-likeness (QED) is 0.341. The molecule has 0 spiro atoms. The van der Waals surface area contributed by atoms with Gasteiger partial charge in [-0.15, -0.1) is 0 Å². The lowest BCUT2D eigenvalue weighted by Gasteiger charge is -2.53. The fourth-order valence-corrected chi connectivity index (χ4v) is 11.0. The van der Waals surface area contributed by atoms with Crippen molar-refractivity contribution in [1.29, 1.82) is 0 Å². The number of nitrogens with zero attached hydrogens (tertiary/aromatic N) is 3. The van der Waals surface area contributed by atoms with Crippen LogP contribution in [-0.2, 0) is 20.0 Å². The van der Waals surface area contributed by atoms with Crippen molar-refractivity contribution in [3.05, 3.63) is 59.9 Å². The minimum atomic E-state index is -3.16. The number of carbonyl (C=O) groups is 1. The number of rotatable bonds is 11. The van der Waals surface area contributed by atoms with Crippen LogP contribution in [0.4, 0.5) is 14.9 Å². The van der Waals surface area contributed by atoms with Crippen molar-refractivity contribution in [1.82, 2.24) is 15.1 Å². The second-order valence-electron chi connectivity index (χ2n) is 14.9.